The molecule has 1 amide bonds. The summed E-state index contributed by atoms with van der Waals surface area (Å²) in [6, 6.07) is 8.27. The number of amides is 1. The van der Waals surface area contributed by atoms with Crippen LogP contribution in [0, 0.1) is 11.6 Å². The van der Waals surface area contributed by atoms with Gasteiger partial charge in [-0.2, -0.15) is 4.39 Å². The van der Waals surface area contributed by atoms with Crippen molar-refractivity contribution < 1.29 is 27.8 Å². The molecule has 2 aromatic heterocycles. The number of carbonyl (C=O) groups excluding carboxylic acids is 1. The summed E-state index contributed by atoms with van der Waals surface area (Å²) in [5.74, 6) is -1.85. The molecule has 11 nitrogen and oxygen atoms in total. The summed E-state index contributed by atoms with van der Waals surface area (Å²) in [6.45, 7) is 10.9. The number of hydrogen-bond acceptors (Lipinski definition) is 9. The van der Waals surface area contributed by atoms with Gasteiger partial charge in [0, 0.05) is 62.9 Å². The molecule has 0 unspecified atom stereocenters. The van der Waals surface area contributed by atoms with Gasteiger partial charge in [-0.15, -0.1) is 0 Å². The minimum atomic E-state index is -1.07. The second kappa shape index (κ2) is 14.5. The zero-order valence-corrected chi connectivity index (χ0v) is 27.0. The number of anilines is 3. The van der Waals surface area contributed by atoms with Gasteiger partial charge in [-0.05, 0) is 51.1 Å². The van der Waals surface area contributed by atoms with Crippen molar-refractivity contribution >= 4 is 40.5 Å². The maximum absolute atomic E-state index is 14.8. The second-order valence-corrected chi connectivity index (χ2v) is 12.1. The molecule has 2 aromatic carbocycles. The molecular weight excluding hydrogens is 620 g/mol. The number of benzene rings is 2. The van der Waals surface area contributed by atoms with Crippen molar-refractivity contribution in [3.8, 4) is 17.0 Å². The third-order valence-electron chi connectivity index (χ3n) is 7.34. The number of nitrogens with one attached hydrogen (secondary N) is 2. The predicted octanol–water partition coefficient (Wildman–Crippen LogP) is 6.06. The Kier molecular flexibility index (Phi) is 10.4. The Labute approximate surface area is 271 Å². The van der Waals surface area contributed by atoms with Crippen molar-refractivity contribution in [2.45, 2.75) is 26.4 Å². The maximum Gasteiger partial charge on any atom is 0.410 e. The van der Waals surface area contributed by atoms with E-state index >= 15 is 0 Å². The van der Waals surface area contributed by atoms with Crippen molar-refractivity contribution in [3.63, 3.8) is 0 Å². The van der Waals surface area contributed by atoms with Crippen molar-refractivity contribution in [1.29, 1.82) is 0 Å². The van der Waals surface area contributed by atoms with Crippen molar-refractivity contribution in [1.82, 2.24) is 24.2 Å². The number of halogens is 3. The second-order valence-electron chi connectivity index (χ2n) is 11.7. The number of piperazine rings is 1. The first kappa shape index (κ1) is 33.2. The molecule has 14 heteroatoms. The van der Waals surface area contributed by atoms with Gasteiger partial charge in [0.1, 0.15) is 5.60 Å². The normalized spacial score (nSPS) is 14.0. The fourth-order valence-corrected chi connectivity index (χ4v) is 5.25. The number of ether oxygens (including phenoxy) is 3. The lowest BCUT2D eigenvalue weighted by Crippen LogP contribution is -2.50. The summed E-state index contributed by atoms with van der Waals surface area (Å²) >= 11 is 6.55. The Bertz CT molecular complexity index is 1670. The number of hydrogen-bond donors (Lipinski definition) is 2. The van der Waals surface area contributed by atoms with E-state index < -0.39 is 17.2 Å². The molecule has 0 bridgehead atoms. The minimum absolute atomic E-state index is 0.0449. The topological polar surface area (TPSA) is 105 Å². The van der Waals surface area contributed by atoms with Crippen molar-refractivity contribution in [2.75, 3.05) is 70.2 Å². The summed E-state index contributed by atoms with van der Waals surface area (Å²) in [7, 11) is 1.28. The van der Waals surface area contributed by atoms with Crippen LogP contribution in [0.1, 0.15) is 20.8 Å². The highest BCUT2D eigenvalue weighted by Gasteiger charge is 2.25. The van der Waals surface area contributed by atoms with E-state index in [-0.39, 0.29) is 17.4 Å². The van der Waals surface area contributed by atoms with E-state index in [1.807, 2.05) is 32.9 Å². The highest BCUT2D eigenvalue weighted by molar-refractivity contribution is 6.33. The standard InChI is InChI=1S/C32H38ClF2N7O4/c1-32(2,3)46-31(43)41-14-12-40(13-15-41)16-18-45-17-10-36-24-7-5-21(19-23(24)33)39-29-30-38-20-25(42(30)11-9-37-29)22-6-8-26(44-4)28(35)27(22)34/h5-9,11,19-20,36H,10,12-18H2,1-4H3,(H,37,39). The van der Waals surface area contributed by atoms with Crippen LogP contribution in [0.5, 0.6) is 5.75 Å². The third-order valence-corrected chi connectivity index (χ3v) is 7.65. The molecule has 1 aliphatic heterocycles. The summed E-state index contributed by atoms with van der Waals surface area (Å²) in [4.78, 5) is 25.0. The molecule has 3 heterocycles. The summed E-state index contributed by atoms with van der Waals surface area (Å²) < 4.78 is 46.9. The first-order valence-corrected chi connectivity index (χ1v) is 15.3. The van der Waals surface area contributed by atoms with Crippen LogP contribution in [-0.2, 0) is 9.47 Å². The molecule has 5 rings (SSSR count). The Hall–Kier alpha value is -4.20. The summed E-state index contributed by atoms with van der Waals surface area (Å²) in [5.41, 5.74) is 1.76. The average Bonchev–Trinajstić information content (AvgIpc) is 3.45. The molecule has 1 saturated heterocycles. The zero-order chi connectivity index (χ0) is 32.8. The van der Waals surface area contributed by atoms with Crippen LogP contribution in [0.3, 0.4) is 0 Å². The molecule has 1 aliphatic rings. The largest absolute Gasteiger partial charge is 0.494 e. The van der Waals surface area contributed by atoms with Gasteiger partial charge in [-0.25, -0.2) is 19.2 Å². The van der Waals surface area contributed by atoms with E-state index in [0.717, 1.165) is 25.3 Å². The zero-order valence-electron chi connectivity index (χ0n) is 26.3. The lowest BCUT2D eigenvalue weighted by Gasteiger charge is -2.35. The van der Waals surface area contributed by atoms with Gasteiger partial charge in [-0.3, -0.25) is 9.30 Å². The minimum Gasteiger partial charge on any atom is -0.494 e. The van der Waals surface area contributed by atoms with E-state index in [2.05, 4.69) is 25.5 Å². The highest BCUT2D eigenvalue weighted by Crippen LogP contribution is 2.32. The van der Waals surface area contributed by atoms with Crippen molar-refractivity contribution in [3.05, 3.63) is 65.6 Å². The predicted molar refractivity (Wildman–Crippen MR) is 173 cm³/mol. The Balaban J connectivity index is 1.09. The highest BCUT2D eigenvalue weighted by atomic mass is 35.5. The molecule has 246 valence electrons. The molecule has 1 fully saturated rings. The van der Waals surface area contributed by atoms with Gasteiger partial charge in [0.05, 0.1) is 42.9 Å². The quantitative estimate of drug-likeness (QED) is 0.186. The smallest absolute Gasteiger partial charge is 0.410 e. The molecule has 0 aliphatic carbocycles. The van der Waals surface area contributed by atoms with Crippen LogP contribution in [0.4, 0.5) is 30.8 Å². The van der Waals surface area contributed by atoms with Gasteiger partial charge in [0.15, 0.2) is 23.0 Å². The number of imidazole rings is 1. The van der Waals surface area contributed by atoms with Crippen LogP contribution >= 0.6 is 11.6 Å². The third kappa shape index (κ3) is 7.95. The van der Waals surface area contributed by atoms with Crippen LogP contribution in [0.15, 0.2) is 48.9 Å². The number of carbonyl (C=O) groups is 1. The van der Waals surface area contributed by atoms with E-state index in [1.165, 1.54) is 25.4 Å². The molecule has 0 radical (unpaired) electrons. The molecule has 46 heavy (non-hydrogen) atoms. The van der Waals surface area contributed by atoms with E-state index in [0.29, 0.717) is 60.7 Å². The number of fused-ring (bicyclic) bond motifs is 1. The molecule has 0 atom stereocenters. The Morgan fingerprint density at radius 3 is 2.54 bits per heavy atom. The van der Waals surface area contributed by atoms with E-state index in [4.69, 9.17) is 25.8 Å². The number of aromatic nitrogens is 3. The monoisotopic (exact) mass is 657 g/mol. The van der Waals surface area contributed by atoms with Crippen LogP contribution < -0.4 is 15.4 Å². The van der Waals surface area contributed by atoms with E-state index in [9.17, 15) is 13.6 Å². The SMILES string of the molecule is COc1ccc(-c2cnc3c(Nc4ccc(NCCOCCN5CCN(C(=O)OC(C)(C)C)CC5)c(Cl)c4)nccn23)c(F)c1F. The first-order chi connectivity index (χ1) is 22.0. The van der Waals surface area contributed by atoms with Gasteiger partial charge in [0.25, 0.3) is 0 Å². The maximum atomic E-state index is 14.8. The van der Waals surface area contributed by atoms with Gasteiger partial charge < -0.3 is 29.7 Å². The first-order valence-electron chi connectivity index (χ1n) is 15.0. The van der Waals surface area contributed by atoms with E-state index in [1.54, 1.807) is 27.8 Å². The molecule has 4 aromatic rings. The van der Waals surface area contributed by atoms with Crippen LogP contribution in [0.2, 0.25) is 5.02 Å². The van der Waals surface area contributed by atoms with Gasteiger partial charge in [-0.1, -0.05) is 11.6 Å². The Morgan fingerprint density at radius 2 is 1.83 bits per heavy atom. The molecule has 0 spiro atoms. The van der Waals surface area contributed by atoms with Crippen LogP contribution in [-0.4, -0.2) is 95.5 Å². The average molecular weight is 658 g/mol. The van der Waals surface area contributed by atoms with Crippen LogP contribution in [0.25, 0.3) is 16.9 Å². The lowest BCUT2D eigenvalue weighted by atomic mass is 10.1. The number of methoxy groups -OCH3 is 1. The number of nitrogens with zero attached hydrogens (tertiary/aromatic N) is 5. The Morgan fingerprint density at radius 1 is 1.04 bits per heavy atom. The van der Waals surface area contributed by atoms with Gasteiger partial charge in [0.2, 0.25) is 5.82 Å². The summed E-state index contributed by atoms with van der Waals surface area (Å²) in [5, 5.41) is 6.99. The van der Waals surface area contributed by atoms with Crippen molar-refractivity contribution in [2.24, 2.45) is 0 Å². The summed E-state index contributed by atoms with van der Waals surface area (Å²) in [6.07, 6.45) is 4.36. The molecular formula is C32H38ClF2N7O4. The number of rotatable bonds is 11. The fourth-order valence-electron chi connectivity index (χ4n) is 5.00. The van der Waals surface area contributed by atoms with Gasteiger partial charge >= 0.3 is 6.09 Å². The molecule has 0 saturated carbocycles. The lowest BCUT2D eigenvalue weighted by molar-refractivity contribution is 0.0118. The fraction of sp³-hybridized carbons (Fsp3) is 0.406. The molecule has 2 N–H and O–H groups in total.